The van der Waals surface area contributed by atoms with Crippen LogP contribution in [-0.2, 0) is 22.6 Å². The molecule has 0 aliphatic carbocycles. The number of rotatable bonds is 5. The summed E-state index contributed by atoms with van der Waals surface area (Å²) in [5.74, 6) is -0.408. The van der Waals surface area contributed by atoms with Gasteiger partial charge in [-0.3, -0.25) is 4.79 Å². The van der Waals surface area contributed by atoms with Gasteiger partial charge in [-0.15, -0.1) is 0 Å². The summed E-state index contributed by atoms with van der Waals surface area (Å²) in [6.45, 7) is 0.182. The number of hydrogen-bond acceptors (Lipinski definition) is 3. The Labute approximate surface area is 123 Å². The van der Waals surface area contributed by atoms with Gasteiger partial charge in [-0.1, -0.05) is 54.1 Å². The van der Waals surface area contributed by atoms with E-state index in [0.717, 1.165) is 11.1 Å². The lowest BCUT2D eigenvalue weighted by Gasteiger charge is -2.11. The fourth-order valence-electron chi connectivity index (χ4n) is 1.84. The molecule has 2 aromatic carbocycles. The molecule has 0 amide bonds. The van der Waals surface area contributed by atoms with E-state index in [0.29, 0.717) is 11.4 Å². The first-order valence-corrected chi connectivity index (χ1v) is 6.73. The molecular weight excluding hydrogens is 274 g/mol. The van der Waals surface area contributed by atoms with Crippen LogP contribution in [0.3, 0.4) is 0 Å². The Morgan fingerprint density at radius 3 is 2.50 bits per heavy atom. The second kappa shape index (κ2) is 7.08. The second-order valence-corrected chi connectivity index (χ2v) is 4.97. The van der Waals surface area contributed by atoms with Gasteiger partial charge in [0.25, 0.3) is 0 Å². The van der Waals surface area contributed by atoms with E-state index in [1.165, 1.54) is 0 Å². The van der Waals surface area contributed by atoms with Gasteiger partial charge in [-0.05, 0) is 29.7 Å². The Kier molecular flexibility index (Phi) is 5.16. The molecule has 104 valence electrons. The fraction of sp³-hybridized carbons (Fsp3) is 0.188. The maximum atomic E-state index is 11.8. The van der Waals surface area contributed by atoms with Crippen LogP contribution in [0.15, 0.2) is 54.6 Å². The quantitative estimate of drug-likeness (QED) is 0.861. The van der Waals surface area contributed by atoms with Crippen molar-refractivity contribution < 1.29 is 9.53 Å². The molecule has 20 heavy (non-hydrogen) atoms. The minimum absolute atomic E-state index is 0.182. The van der Waals surface area contributed by atoms with Crippen molar-refractivity contribution in [2.24, 2.45) is 5.73 Å². The monoisotopic (exact) mass is 289 g/mol. The molecule has 0 heterocycles. The highest BCUT2D eigenvalue weighted by Gasteiger charge is 2.15. The van der Waals surface area contributed by atoms with Gasteiger partial charge in [-0.2, -0.15) is 0 Å². The van der Waals surface area contributed by atoms with Crippen LogP contribution in [-0.4, -0.2) is 12.0 Å². The van der Waals surface area contributed by atoms with E-state index < -0.39 is 12.0 Å². The smallest absolute Gasteiger partial charge is 0.323 e. The number of nitrogens with two attached hydrogens (primary N) is 1. The highest BCUT2D eigenvalue weighted by Crippen LogP contribution is 2.12. The summed E-state index contributed by atoms with van der Waals surface area (Å²) in [4.78, 5) is 11.8. The van der Waals surface area contributed by atoms with Crippen LogP contribution in [0.2, 0.25) is 5.02 Å². The summed E-state index contributed by atoms with van der Waals surface area (Å²) in [6.07, 6.45) is 0.467. The summed E-state index contributed by atoms with van der Waals surface area (Å²) in [7, 11) is 0. The Morgan fingerprint density at radius 1 is 1.10 bits per heavy atom. The maximum Gasteiger partial charge on any atom is 0.323 e. The average molecular weight is 290 g/mol. The number of halogens is 1. The Morgan fingerprint density at radius 2 is 1.80 bits per heavy atom. The topological polar surface area (TPSA) is 52.3 Å². The molecule has 3 nitrogen and oxygen atoms in total. The molecule has 0 unspecified atom stereocenters. The number of ether oxygens (including phenoxy) is 1. The normalized spacial score (nSPS) is 11.9. The first-order valence-electron chi connectivity index (χ1n) is 6.36. The highest BCUT2D eigenvalue weighted by molar-refractivity contribution is 6.30. The number of hydrogen-bond donors (Lipinski definition) is 1. The molecule has 0 fully saturated rings. The maximum absolute atomic E-state index is 11.8. The van der Waals surface area contributed by atoms with E-state index in [4.69, 9.17) is 22.1 Å². The Bertz CT molecular complexity index is 572. The van der Waals surface area contributed by atoms with E-state index in [9.17, 15) is 4.79 Å². The lowest BCUT2D eigenvalue weighted by Crippen LogP contribution is -2.34. The van der Waals surface area contributed by atoms with Crippen LogP contribution in [0.4, 0.5) is 0 Å². The van der Waals surface area contributed by atoms with E-state index >= 15 is 0 Å². The zero-order valence-corrected chi connectivity index (χ0v) is 11.7. The number of benzene rings is 2. The van der Waals surface area contributed by atoms with Crippen molar-refractivity contribution in [2.75, 3.05) is 0 Å². The zero-order chi connectivity index (χ0) is 14.4. The average Bonchev–Trinajstić information content (AvgIpc) is 2.46. The van der Waals surface area contributed by atoms with Gasteiger partial charge in [0.2, 0.25) is 0 Å². The van der Waals surface area contributed by atoms with Gasteiger partial charge in [-0.25, -0.2) is 0 Å². The summed E-state index contributed by atoms with van der Waals surface area (Å²) < 4.78 is 5.19. The minimum Gasteiger partial charge on any atom is -0.460 e. The van der Waals surface area contributed by atoms with Crippen LogP contribution >= 0.6 is 11.6 Å². The fourth-order valence-corrected chi connectivity index (χ4v) is 2.05. The molecular formula is C16H16ClNO2. The molecule has 0 bridgehead atoms. The molecule has 0 saturated carbocycles. The van der Waals surface area contributed by atoms with Crippen molar-refractivity contribution in [3.63, 3.8) is 0 Å². The molecule has 2 N–H and O–H groups in total. The summed E-state index contributed by atoms with van der Waals surface area (Å²) in [6, 6.07) is 16.2. The van der Waals surface area contributed by atoms with Crippen LogP contribution in [0.5, 0.6) is 0 Å². The molecule has 0 aliphatic heterocycles. The van der Waals surface area contributed by atoms with Gasteiger partial charge in [0, 0.05) is 5.02 Å². The number of carbonyl (C=O) groups is 1. The molecule has 1 atom stereocenters. The van der Waals surface area contributed by atoms with Gasteiger partial charge in [0.15, 0.2) is 0 Å². The molecule has 4 heteroatoms. The number of esters is 1. The SMILES string of the molecule is N[C@@H](Cc1ccccc1)C(=O)OCc1cccc(Cl)c1. The van der Waals surface area contributed by atoms with E-state index in [1.807, 2.05) is 42.5 Å². The van der Waals surface area contributed by atoms with Gasteiger partial charge >= 0.3 is 5.97 Å². The molecule has 2 aromatic rings. The lowest BCUT2D eigenvalue weighted by atomic mass is 10.1. The first-order chi connectivity index (χ1) is 9.65. The van der Waals surface area contributed by atoms with Crippen molar-refractivity contribution in [2.45, 2.75) is 19.1 Å². The third-order valence-corrected chi connectivity index (χ3v) is 3.11. The van der Waals surface area contributed by atoms with Crippen LogP contribution < -0.4 is 5.73 Å². The Hall–Kier alpha value is -1.84. The summed E-state index contributed by atoms with van der Waals surface area (Å²) >= 11 is 5.86. The first kappa shape index (κ1) is 14.6. The summed E-state index contributed by atoms with van der Waals surface area (Å²) in [5.41, 5.74) is 7.70. The van der Waals surface area contributed by atoms with Crippen LogP contribution in [0.25, 0.3) is 0 Å². The van der Waals surface area contributed by atoms with E-state index in [2.05, 4.69) is 0 Å². The van der Waals surface area contributed by atoms with Crippen molar-refractivity contribution in [3.8, 4) is 0 Å². The predicted molar refractivity (Wildman–Crippen MR) is 79.4 cm³/mol. The Balaban J connectivity index is 1.85. The second-order valence-electron chi connectivity index (χ2n) is 4.53. The standard InChI is InChI=1S/C16H16ClNO2/c17-14-8-4-7-13(9-14)11-20-16(19)15(18)10-12-5-2-1-3-6-12/h1-9,15H,10-11,18H2/t15-/m0/s1. The largest absolute Gasteiger partial charge is 0.460 e. The van der Waals surface area contributed by atoms with E-state index in [-0.39, 0.29) is 6.61 Å². The zero-order valence-electron chi connectivity index (χ0n) is 11.0. The van der Waals surface area contributed by atoms with Crippen LogP contribution in [0.1, 0.15) is 11.1 Å². The number of carbonyl (C=O) groups excluding carboxylic acids is 1. The molecule has 0 spiro atoms. The van der Waals surface area contributed by atoms with Crippen LogP contribution in [0, 0.1) is 0 Å². The molecule has 0 aromatic heterocycles. The minimum atomic E-state index is -0.656. The van der Waals surface area contributed by atoms with E-state index in [1.54, 1.807) is 12.1 Å². The van der Waals surface area contributed by atoms with Gasteiger partial charge in [0.05, 0.1) is 0 Å². The van der Waals surface area contributed by atoms with Crippen molar-refractivity contribution in [3.05, 3.63) is 70.7 Å². The lowest BCUT2D eigenvalue weighted by molar-refractivity contribution is -0.146. The third-order valence-electron chi connectivity index (χ3n) is 2.87. The highest BCUT2D eigenvalue weighted by atomic mass is 35.5. The molecule has 0 radical (unpaired) electrons. The third kappa shape index (κ3) is 4.37. The molecule has 0 saturated heterocycles. The van der Waals surface area contributed by atoms with Crippen molar-refractivity contribution >= 4 is 17.6 Å². The van der Waals surface area contributed by atoms with Crippen molar-refractivity contribution in [1.29, 1.82) is 0 Å². The van der Waals surface area contributed by atoms with Gasteiger partial charge < -0.3 is 10.5 Å². The van der Waals surface area contributed by atoms with Gasteiger partial charge in [0.1, 0.15) is 12.6 Å². The van der Waals surface area contributed by atoms with Crippen molar-refractivity contribution in [1.82, 2.24) is 0 Å². The predicted octanol–water partition coefficient (Wildman–Crippen LogP) is 2.95. The summed E-state index contributed by atoms with van der Waals surface area (Å²) in [5, 5.41) is 0.618. The molecule has 0 aliphatic rings. The molecule has 2 rings (SSSR count).